The highest BCUT2D eigenvalue weighted by molar-refractivity contribution is 5.87. The van der Waals surface area contributed by atoms with Crippen LogP contribution in [0.2, 0.25) is 0 Å². The minimum atomic E-state index is -0.0654. The third-order valence-corrected chi connectivity index (χ3v) is 4.20. The van der Waals surface area contributed by atoms with Crippen molar-refractivity contribution in [1.29, 1.82) is 0 Å². The minimum Gasteiger partial charge on any atom is -0.349 e. The lowest BCUT2D eigenvalue weighted by Crippen LogP contribution is -2.34. The van der Waals surface area contributed by atoms with Gasteiger partial charge in [-0.15, -0.1) is 6.58 Å². The van der Waals surface area contributed by atoms with Gasteiger partial charge in [0.15, 0.2) is 0 Å². The zero-order chi connectivity index (χ0) is 16.9. The van der Waals surface area contributed by atoms with Crippen LogP contribution in [-0.2, 0) is 22.5 Å². The Morgan fingerprint density at radius 2 is 2.08 bits per heavy atom. The zero-order valence-electron chi connectivity index (χ0n) is 13.9. The number of benzene rings is 1. The fraction of sp³-hybridized carbons (Fsp3) is 0.316. The Bertz CT molecular complexity index is 656. The Balaban J connectivity index is 1.48. The average molecular weight is 325 g/mol. The molecule has 0 atom stereocenters. The van der Waals surface area contributed by atoms with Gasteiger partial charge in [0.2, 0.25) is 5.91 Å². The summed E-state index contributed by atoms with van der Waals surface area (Å²) in [6.45, 7) is 6.63. The Hall–Kier alpha value is -2.53. The third kappa shape index (κ3) is 3.86. The topological polar surface area (TPSA) is 44.8 Å². The molecule has 24 heavy (non-hydrogen) atoms. The fourth-order valence-electron chi connectivity index (χ4n) is 3.05. The van der Waals surface area contributed by atoms with Gasteiger partial charge in [0, 0.05) is 24.5 Å². The van der Waals surface area contributed by atoms with E-state index >= 15 is 0 Å². The van der Waals surface area contributed by atoms with Crippen LogP contribution < -0.4 is 5.32 Å². The molecular formula is C19H23N3O2. The molecule has 1 aromatic rings. The van der Waals surface area contributed by atoms with Crippen molar-refractivity contribution in [2.24, 2.45) is 0 Å². The number of carbonyl (C=O) groups excluding carboxylic acids is 1. The second-order valence-corrected chi connectivity index (χ2v) is 6.09. The van der Waals surface area contributed by atoms with E-state index in [1.165, 1.54) is 11.1 Å². The molecule has 3 rings (SSSR count). The van der Waals surface area contributed by atoms with Gasteiger partial charge in [-0.25, -0.2) is 5.06 Å². The van der Waals surface area contributed by atoms with E-state index in [4.69, 9.17) is 4.84 Å². The highest BCUT2D eigenvalue weighted by atomic mass is 16.7. The van der Waals surface area contributed by atoms with Crippen LogP contribution in [0.25, 0.3) is 0 Å². The molecule has 0 saturated heterocycles. The third-order valence-electron chi connectivity index (χ3n) is 4.20. The summed E-state index contributed by atoms with van der Waals surface area (Å²) in [6, 6.07) is 8.54. The summed E-state index contributed by atoms with van der Waals surface area (Å²) in [5.41, 5.74) is 3.66. The molecular weight excluding hydrogens is 302 g/mol. The number of hydrogen-bond donors (Lipinski definition) is 1. The van der Waals surface area contributed by atoms with Crippen molar-refractivity contribution in [2.75, 3.05) is 13.3 Å². The highest BCUT2D eigenvalue weighted by Gasteiger charge is 2.22. The van der Waals surface area contributed by atoms with Crippen LogP contribution in [0.3, 0.4) is 0 Å². The van der Waals surface area contributed by atoms with Gasteiger partial charge in [-0.2, -0.15) is 0 Å². The van der Waals surface area contributed by atoms with Crippen LogP contribution in [0.1, 0.15) is 18.1 Å². The van der Waals surface area contributed by atoms with E-state index < -0.39 is 0 Å². The summed E-state index contributed by atoms with van der Waals surface area (Å²) >= 11 is 0. The van der Waals surface area contributed by atoms with Crippen molar-refractivity contribution >= 4 is 5.91 Å². The molecule has 1 aliphatic heterocycles. The molecule has 0 unspecified atom stereocenters. The zero-order valence-corrected chi connectivity index (χ0v) is 13.9. The SMILES string of the molecule is C=CCON1CN(/C=C/C(=O)NC2Cc3ccccc3C2)C=C1C. The summed E-state index contributed by atoms with van der Waals surface area (Å²) in [5.74, 6) is -0.0654. The summed E-state index contributed by atoms with van der Waals surface area (Å²) in [4.78, 5) is 19.6. The molecule has 5 nitrogen and oxygen atoms in total. The quantitative estimate of drug-likeness (QED) is 0.644. The van der Waals surface area contributed by atoms with Crippen LogP contribution in [-0.4, -0.2) is 35.2 Å². The van der Waals surface area contributed by atoms with Crippen LogP contribution in [0.5, 0.6) is 0 Å². The van der Waals surface area contributed by atoms with Gasteiger partial charge in [0.05, 0.1) is 12.3 Å². The maximum atomic E-state index is 12.1. The predicted octanol–water partition coefficient (Wildman–Crippen LogP) is 2.34. The van der Waals surface area contributed by atoms with E-state index in [1.54, 1.807) is 23.4 Å². The molecule has 0 bridgehead atoms. The minimum absolute atomic E-state index is 0.0654. The van der Waals surface area contributed by atoms with Crippen molar-refractivity contribution < 1.29 is 9.63 Å². The van der Waals surface area contributed by atoms with Crippen molar-refractivity contribution in [2.45, 2.75) is 25.8 Å². The van der Waals surface area contributed by atoms with E-state index in [-0.39, 0.29) is 11.9 Å². The summed E-state index contributed by atoms with van der Waals surface area (Å²) in [6.07, 6.45) is 8.81. The molecule has 0 radical (unpaired) electrons. The first-order chi connectivity index (χ1) is 11.7. The average Bonchev–Trinajstić information content (AvgIpc) is 3.13. The first-order valence-electron chi connectivity index (χ1n) is 8.16. The van der Waals surface area contributed by atoms with Gasteiger partial charge in [-0.05, 0) is 30.9 Å². The maximum absolute atomic E-state index is 12.1. The lowest BCUT2D eigenvalue weighted by molar-refractivity contribution is -0.123. The van der Waals surface area contributed by atoms with Crippen molar-refractivity contribution in [3.63, 3.8) is 0 Å². The molecule has 0 spiro atoms. The normalized spacial score (nSPS) is 17.3. The number of allylic oxidation sites excluding steroid dienone is 1. The molecule has 1 amide bonds. The molecule has 2 aliphatic rings. The molecule has 1 heterocycles. The molecule has 126 valence electrons. The second-order valence-electron chi connectivity index (χ2n) is 6.09. The number of fused-ring (bicyclic) bond motifs is 1. The first-order valence-corrected chi connectivity index (χ1v) is 8.16. The number of hydroxylamine groups is 2. The molecule has 1 aliphatic carbocycles. The number of nitrogens with one attached hydrogen (secondary N) is 1. The Labute approximate surface area is 142 Å². The fourth-order valence-corrected chi connectivity index (χ4v) is 3.05. The van der Waals surface area contributed by atoms with Gasteiger partial charge in [-0.1, -0.05) is 30.3 Å². The van der Waals surface area contributed by atoms with E-state index in [0.717, 1.165) is 18.5 Å². The summed E-state index contributed by atoms with van der Waals surface area (Å²) in [7, 11) is 0. The van der Waals surface area contributed by atoms with E-state index in [9.17, 15) is 4.79 Å². The molecule has 1 aromatic carbocycles. The molecule has 0 saturated carbocycles. The van der Waals surface area contributed by atoms with Crippen LogP contribution in [0.15, 0.2) is 61.1 Å². The van der Waals surface area contributed by atoms with Crippen molar-refractivity contribution in [3.8, 4) is 0 Å². The van der Waals surface area contributed by atoms with Gasteiger partial charge >= 0.3 is 0 Å². The number of carbonyl (C=O) groups is 1. The number of hydrogen-bond acceptors (Lipinski definition) is 4. The molecule has 5 heteroatoms. The lowest BCUT2D eigenvalue weighted by Gasteiger charge is -2.19. The molecule has 0 fully saturated rings. The Morgan fingerprint density at radius 1 is 1.38 bits per heavy atom. The van der Waals surface area contributed by atoms with Gasteiger partial charge in [-0.3, -0.25) is 9.63 Å². The second kappa shape index (κ2) is 7.36. The first kappa shape index (κ1) is 16.3. The summed E-state index contributed by atoms with van der Waals surface area (Å²) in [5, 5.41) is 4.85. The molecule has 0 aromatic heterocycles. The standard InChI is InChI=1S/C19H23N3O2/c1-3-10-24-22-14-21(13-15(22)2)9-8-19(23)20-18-11-16-6-4-5-7-17(16)12-18/h3-9,13,18H,1,10-12,14H2,2H3,(H,20,23)/b9-8+. The monoisotopic (exact) mass is 325 g/mol. The van der Waals surface area contributed by atoms with Gasteiger partial charge in [0.1, 0.15) is 6.67 Å². The smallest absolute Gasteiger partial charge is 0.245 e. The highest BCUT2D eigenvalue weighted by Crippen LogP contribution is 2.21. The van der Waals surface area contributed by atoms with Gasteiger partial charge in [0.25, 0.3) is 0 Å². The van der Waals surface area contributed by atoms with Crippen molar-refractivity contribution in [3.05, 3.63) is 72.2 Å². The van der Waals surface area contributed by atoms with Crippen molar-refractivity contribution in [1.82, 2.24) is 15.3 Å². The summed E-state index contributed by atoms with van der Waals surface area (Å²) < 4.78 is 0. The largest absolute Gasteiger partial charge is 0.349 e. The van der Waals surface area contributed by atoms with E-state index in [1.807, 2.05) is 30.2 Å². The Morgan fingerprint density at radius 3 is 2.75 bits per heavy atom. The number of rotatable bonds is 6. The van der Waals surface area contributed by atoms with Crippen LogP contribution in [0, 0.1) is 0 Å². The van der Waals surface area contributed by atoms with Crippen LogP contribution >= 0.6 is 0 Å². The molecule has 1 N–H and O–H groups in total. The van der Waals surface area contributed by atoms with Crippen LogP contribution in [0.4, 0.5) is 0 Å². The predicted molar refractivity (Wildman–Crippen MR) is 93.4 cm³/mol. The van der Waals surface area contributed by atoms with Gasteiger partial charge < -0.3 is 10.2 Å². The number of amides is 1. The number of nitrogens with zero attached hydrogens (tertiary/aromatic N) is 2. The Kier molecular flexibility index (Phi) is 5.01. The lowest BCUT2D eigenvalue weighted by atomic mass is 10.1. The van der Waals surface area contributed by atoms with E-state index in [0.29, 0.717) is 13.3 Å². The van der Waals surface area contributed by atoms with E-state index in [2.05, 4.69) is 24.0 Å². The maximum Gasteiger partial charge on any atom is 0.245 e.